The Morgan fingerprint density at radius 3 is 2.57 bits per heavy atom. The Balaban J connectivity index is 1.93. The fourth-order valence-corrected chi connectivity index (χ4v) is 2.75. The summed E-state index contributed by atoms with van der Waals surface area (Å²) in [5, 5.41) is 8.91. The number of ether oxygens (including phenoxy) is 1. The molecule has 0 aliphatic carbocycles. The SMILES string of the molecule is C=CCn1c(C)nnc1SCc1ccc(OCC(F)(F)F)cc1. The van der Waals surface area contributed by atoms with Crippen molar-refractivity contribution in [2.75, 3.05) is 6.61 Å². The number of halogens is 3. The van der Waals surface area contributed by atoms with Gasteiger partial charge in [-0.1, -0.05) is 30.0 Å². The smallest absolute Gasteiger partial charge is 0.422 e. The molecule has 0 spiro atoms. The molecule has 0 saturated carbocycles. The van der Waals surface area contributed by atoms with Gasteiger partial charge in [0.2, 0.25) is 0 Å². The molecule has 0 amide bonds. The van der Waals surface area contributed by atoms with E-state index in [0.717, 1.165) is 16.5 Å². The Kier molecular flexibility index (Phi) is 5.70. The van der Waals surface area contributed by atoms with E-state index in [2.05, 4.69) is 21.5 Å². The third kappa shape index (κ3) is 5.31. The average molecular weight is 343 g/mol. The fourth-order valence-electron chi connectivity index (χ4n) is 1.80. The lowest BCUT2D eigenvalue weighted by atomic mass is 10.2. The maximum atomic E-state index is 12.1. The van der Waals surface area contributed by atoms with Crippen LogP contribution in [0.4, 0.5) is 13.2 Å². The Labute approximate surface area is 136 Å². The highest BCUT2D eigenvalue weighted by atomic mass is 32.2. The lowest BCUT2D eigenvalue weighted by Gasteiger charge is -2.09. The van der Waals surface area contributed by atoms with Crippen molar-refractivity contribution >= 4 is 11.8 Å². The second-order valence-electron chi connectivity index (χ2n) is 4.77. The van der Waals surface area contributed by atoms with E-state index in [4.69, 9.17) is 0 Å². The lowest BCUT2D eigenvalue weighted by molar-refractivity contribution is -0.153. The van der Waals surface area contributed by atoms with Gasteiger partial charge in [0.25, 0.3) is 0 Å². The molecule has 1 heterocycles. The summed E-state index contributed by atoms with van der Waals surface area (Å²) in [6.45, 7) is 4.91. The van der Waals surface area contributed by atoms with E-state index in [1.54, 1.807) is 18.2 Å². The van der Waals surface area contributed by atoms with Gasteiger partial charge in [0, 0.05) is 12.3 Å². The Bertz CT molecular complexity index is 653. The van der Waals surface area contributed by atoms with Crippen molar-refractivity contribution in [3.05, 3.63) is 48.3 Å². The van der Waals surface area contributed by atoms with Crippen LogP contribution in [-0.2, 0) is 12.3 Å². The van der Waals surface area contributed by atoms with E-state index < -0.39 is 12.8 Å². The van der Waals surface area contributed by atoms with Crippen molar-refractivity contribution in [2.24, 2.45) is 0 Å². The van der Waals surface area contributed by atoms with Crippen molar-refractivity contribution in [2.45, 2.75) is 30.6 Å². The van der Waals surface area contributed by atoms with Crippen LogP contribution in [0.2, 0.25) is 0 Å². The van der Waals surface area contributed by atoms with Gasteiger partial charge in [-0.3, -0.25) is 0 Å². The summed E-state index contributed by atoms with van der Waals surface area (Å²) in [5.74, 6) is 1.64. The largest absolute Gasteiger partial charge is 0.484 e. The standard InChI is InChI=1S/C15H16F3N3OS/c1-3-8-21-11(2)19-20-14(21)23-9-12-4-6-13(7-5-12)22-10-15(16,17)18/h3-7H,1,8-10H2,2H3. The number of aromatic nitrogens is 3. The molecule has 0 fully saturated rings. The second kappa shape index (κ2) is 7.54. The molecule has 0 bridgehead atoms. The second-order valence-corrected chi connectivity index (χ2v) is 5.71. The number of aryl methyl sites for hydroxylation is 1. The fraction of sp³-hybridized carbons (Fsp3) is 0.333. The number of thioether (sulfide) groups is 1. The zero-order chi connectivity index (χ0) is 16.9. The van der Waals surface area contributed by atoms with Crippen molar-refractivity contribution < 1.29 is 17.9 Å². The Morgan fingerprint density at radius 2 is 1.96 bits per heavy atom. The van der Waals surface area contributed by atoms with Gasteiger partial charge in [-0.05, 0) is 24.6 Å². The number of allylic oxidation sites excluding steroid dienone is 1. The molecular formula is C15H16F3N3OS. The summed E-state index contributed by atoms with van der Waals surface area (Å²) in [4.78, 5) is 0. The summed E-state index contributed by atoms with van der Waals surface area (Å²) in [5.41, 5.74) is 0.958. The molecule has 0 radical (unpaired) electrons. The lowest BCUT2D eigenvalue weighted by Crippen LogP contribution is -2.19. The predicted molar refractivity (Wildman–Crippen MR) is 82.5 cm³/mol. The number of alkyl halides is 3. The quantitative estimate of drug-likeness (QED) is 0.563. The number of hydrogen-bond donors (Lipinski definition) is 0. The van der Waals surface area contributed by atoms with Gasteiger partial charge in [0.15, 0.2) is 11.8 Å². The third-order valence-corrected chi connectivity index (χ3v) is 3.95. The highest BCUT2D eigenvalue weighted by Gasteiger charge is 2.28. The topological polar surface area (TPSA) is 39.9 Å². The summed E-state index contributed by atoms with van der Waals surface area (Å²) < 4.78 is 42.9. The predicted octanol–water partition coefficient (Wildman–Crippen LogP) is 4.01. The number of hydrogen-bond acceptors (Lipinski definition) is 4. The molecule has 1 aromatic heterocycles. The molecule has 0 aliphatic heterocycles. The normalized spacial score (nSPS) is 11.5. The van der Waals surface area contributed by atoms with E-state index in [1.807, 2.05) is 11.5 Å². The third-order valence-electron chi connectivity index (χ3n) is 2.91. The van der Waals surface area contributed by atoms with Gasteiger partial charge in [-0.25, -0.2) is 0 Å². The van der Waals surface area contributed by atoms with Crippen LogP contribution in [0.15, 0.2) is 42.1 Å². The van der Waals surface area contributed by atoms with Gasteiger partial charge in [-0.2, -0.15) is 13.2 Å². The Hall–Kier alpha value is -1.96. The zero-order valence-corrected chi connectivity index (χ0v) is 13.3. The van der Waals surface area contributed by atoms with Crippen LogP contribution in [0.1, 0.15) is 11.4 Å². The molecule has 0 aliphatic rings. The van der Waals surface area contributed by atoms with Crippen LogP contribution in [0.25, 0.3) is 0 Å². The highest BCUT2D eigenvalue weighted by molar-refractivity contribution is 7.98. The van der Waals surface area contributed by atoms with Gasteiger partial charge in [-0.15, -0.1) is 16.8 Å². The molecule has 0 N–H and O–H groups in total. The van der Waals surface area contributed by atoms with E-state index >= 15 is 0 Å². The van der Waals surface area contributed by atoms with Gasteiger partial charge in [0.05, 0.1) is 0 Å². The maximum Gasteiger partial charge on any atom is 0.422 e. The average Bonchev–Trinajstić information content (AvgIpc) is 2.85. The van der Waals surface area contributed by atoms with Crippen LogP contribution in [0.3, 0.4) is 0 Å². The number of nitrogens with zero attached hydrogens (tertiary/aromatic N) is 3. The minimum absolute atomic E-state index is 0.196. The first-order chi connectivity index (χ1) is 10.9. The molecule has 4 nitrogen and oxygen atoms in total. The first kappa shape index (κ1) is 17.4. The first-order valence-electron chi connectivity index (χ1n) is 6.81. The Morgan fingerprint density at radius 1 is 1.26 bits per heavy atom. The summed E-state index contributed by atoms with van der Waals surface area (Å²) >= 11 is 1.51. The van der Waals surface area contributed by atoms with Crippen LogP contribution in [0.5, 0.6) is 5.75 Å². The van der Waals surface area contributed by atoms with Crippen molar-refractivity contribution in [3.63, 3.8) is 0 Å². The molecule has 2 rings (SSSR count). The summed E-state index contributed by atoms with van der Waals surface area (Å²) in [7, 11) is 0. The summed E-state index contributed by atoms with van der Waals surface area (Å²) in [6.07, 6.45) is -2.56. The highest BCUT2D eigenvalue weighted by Crippen LogP contribution is 2.24. The zero-order valence-electron chi connectivity index (χ0n) is 12.5. The van der Waals surface area contributed by atoms with E-state index in [1.165, 1.54) is 23.9 Å². The van der Waals surface area contributed by atoms with Crippen LogP contribution < -0.4 is 4.74 Å². The van der Waals surface area contributed by atoms with Gasteiger partial charge in [0.1, 0.15) is 11.6 Å². The molecule has 2 aromatic rings. The molecule has 0 saturated heterocycles. The maximum absolute atomic E-state index is 12.1. The molecular weight excluding hydrogens is 327 g/mol. The number of benzene rings is 1. The minimum Gasteiger partial charge on any atom is -0.484 e. The monoisotopic (exact) mass is 343 g/mol. The van der Waals surface area contributed by atoms with Crippen LogP contribution >= 0.6 is 11.8 Å². The molecule has 8 heteroatoms. The number of rotatable bonds is 7. The van der Waals surface area contributed by atoms with Gasteiger partial charge >= 0.3 is 6.18 Å². The van der Waals surface area contributed by atoms with Crippen molar-refractivity contribution in [3.8, 4) is 5.75 Å². The minimum atomic E-state index is -4.33. The van der Waals surface area contributed by atoms with E-state index in [0.29, 0.717) is 12.3 Å². The van der Waals surface area contributed by atoms with Crippen molar-refractivity contribution in [1.82, 2.24) is 14.8 Å². The molecule has 0 unspecified atom stereocenters. The molecule has 0 atom stereocenters. The van der Waals surface area contributed by atoms with Crippen LogP contribution in [0, 0.1) is 6.92 Å². The molecule has 1 aromatic carbocycles. The molecule has 23 heavy (non-hydrogen) atoms. The van der Waals surface area contributed by atoms with E-state index in [-0.39, 0.29) is 5.75 Å². The van der Waals surface area contributed by atoms with Crippen LogP contribution in [-0.4, -0.2) is 27.5 Å². The van der Waals surface area contributed by atoms with E-state index in [9.17, 15) is 13.2 Å². The first-order valence-corrected chi connectivity index (χ1v) is 7.79. The summed E-state index contributed by atoms with van der Waals surface area (Å²) in [6, 6.07) is 6.53. The molecule has 124 valence electrons. The van der Waals surface area contributed by atoms with Gasteiger partial charge < -0.3 is 9.30 Å². The van der Waals surface area contributed by atoms with Crippen molar-refractivity contribution in [1.29, 1.82) is 0 Å².